The normalized spacial score (nSPS) is 15.2. The van der Waals surface area contributed by atoms with E-state index in [-0.39, 0.29) is 24.1 Å². The first-order valence-electron chi connectivity index (χ1n) is 8.54. The average Bonchev–Trinajstić information content (AvgIpc) is 2.94. The third-order valence-corrected chi connectivity index (χ3v) is 4.49. The second-order valence-electron chi connectivity index (χ2n) is 7.03. The van der Waals surface area contributed by atoms with E-state index in [1.807, 2.05) is 13.8 Å². The molecular weight excluding hydrogens is 350 g/mol. The van der Waals surface area contributed by atoms with Gasteiger partial charge in [0, 0.05) is 11.3 Å². The van der Waals surface area contributed by atoms with Crippen LogP contribution in [0.4, 0.5) is 20.3 Å². The Balaban J connectivity index is 1.90. The maximum Gasteiger partial charge on any atom is 0.240 e. The van der Waals surface area contributed by atoms with Crippen LogP contribution in [-0.2, 0) is 16.9 Å². The second kappa shape index (κ2) is 6.19. The summed E-state index contributed by atoms with van der Waals surface area (Å²) < 4.78 is 28.8. The molecule has 2 heterocycles. The van der Waals surface area contributed by atoms with Crippen molar-refractivity contribution in [1.29, 1.82) is 0 Å². The fraction of sp³-hybridized carbons (Fsp3) is 0.200. The smallest absolute Gasteiger partial charge is 0.240 e. The Morgan fingerprint density at radius 1 is 1.11 bits per heavy atom. The van der Waals surface area contributed by atoms with E-state index in [2.05, 4.69) is 10.6 Å². The van der Waals surface area contributed by atoms with E-state index in [1.165, 1.54) is 24.3 Å². The number of fused-ring (bicyclic) bond motifs is 1. The van der Waals surface area contributed by atoms with E-state index in [4.69, 9.17) is 4.98 Å². The highest BCUT2D eigenvalue weighted by Crippen LogP contribution is 2.36. The fourth-order valence-electron chi connectivity index (χ4n) is 3.31. The maximum atomic E-state index is 13.6. The Hall–Kier alpha value is -3.22. The molecule has 1 amide bonds. The number of benzene rings is 2. The number of aromatic nitrogens is 2. The van der Waals surface area contributed by atoms with Crippen molar-refractivity contribution in [2.24, 2.45) is 0 Å². The number of carbonyl (C=O) groups excluding carboxylic acids is 1. The molecule has 7 heteroatoms. The Morgan fingerprint density at radius 3 is 2.56 bits per heavy atom. The molecule has 1 aliphatic heterocycles. The van der Waals surface area contributed by atoms with Crippen LogP contribution in [0.5, 0.6) is 0 Å². The summed E-state index contributed by atoms with van der Waals surface area (Å²) in [6, 6.07) is 12.0. The molecule has 27 heavy (non-hydrogen) atoms. The van der Waals surface area contributed by atoms with Crippen molar-refractivity contribution in [2.75, 3.05) is 5.32 Å². The maximum absolute atomic E-state index is 13.6. The summed E-state index contributed by atoms with van der Waals surface area (Å²) in [4.78, 5) is 16.9. The largest absolute Gasteiger partial charge is 0.342 e. The molecule has 0 saturated heterocycles. The van der Waals surface area contributed by atoms with Gasteiger partial charge in [0.2, 0.25) is 5.91 Å². The number of nitrogens with one attached hydrogen (secondary N) is 2. The molecule has 1 aromatic heterocycles. The van der Waals surface area contributed by atoms with Gasteiger partial charge in [-0.25, -0.2) is 13.8 Å². The standard InChI is InChI=1S/C20H18F2N4O/c1-20(2)19-24-17(12-6-8-13(21)9-7-12)18(26(19)11-16(27)25-20)23-15-5-3-4-14(22)10-15/h3-10,23H,11H2,1-2H3,(H,25,27). The van der Waals surface area contributed by atoms with Gasteiger partial charge < -0.3 is 15.2 Å². The van der Waals surface area contributed by atoms with Crippen LogP contribution < -0.4 is 10.6 Å². The number of hydrogen-bond acceptors (Lipinski definition) is 3. The summed E-state index contributed by atoms with van der Waals surface area (Å²) in [5.74, 6) is 0.364. The summed E-state index contributed by atoms with van der Waals surface area (Å²) in [5, 5.41) is 6.10. The third kappa shape index (κ3) is 3.16. The number of amides is 1. The Kier molecular flexibility index (Phi) is 3.95. The first-order chi connectivity index (χ1) is 12.8. The lowest BCUT2D eigenvalue weighted by molar-refractivity contribution is -0.124. The lowest BCUT2D eigenvalue weighted by Crippen LogP contribution is -2.49. The highest BCUT2D eigenvalue weighted by Gasteiger charge is 2.36. The number of imidazole rings is 1. The van der Waals surface area contributed by atoms with Gasteiger partial charge in [-0.05, 0) is 56.3 Å². The van der Waals surface area contributed by atoms with Gasteiger partial charge >= 0.3 is 0 Å². The lowest BCUT2D eigenvalue weighted by Gasteiger charge is -2.31. The fourth-order valence-corrected chi connectivity index (χ4v) is 3.31. The van der Waals surface area contributed by atoms with Crippen LogP contribution in [0.25, 0.3) is 11.3 Å². The molecule has 0 atom stereocenters. The van der Waals surface area contributed by atoms with Gasteiger partial charge in [-0.15, -0.1) is 0 Å². The van der Waals surface area contributed by atoms with Crippen LogP contribution in [0.15, 0.2) is 48.5 Å². The van der Waals surface area contributed by atoms with Gasteiger partial charge in [0.1, 0.15) is 35.5 Å². The quantitative estimate of drug-likeness (QED) is 0.736. The molecule has 0 bridgehead atoms. The minimum Gasteiger partial charge on any atom is -0.342 e. The summed E-state index contributed by atoms with van der Waals surface area (Å²) in [7, 11) is 0. The predicted octanol–water partition coefficient (Wildman–Crippen LogP) is 3.94. The predicted molar refractivity (Wildman–Crippen MR) is 98.5 cm³/mol. The number of anilines is 2. The molecule has 0 saturated carbocycles. The Labute approximate surface area is 155 Å². The van der Waals surface area contributed by atoms with Gasteiger partial charge in [0.15, 0.2) is 0 Å². The molecule has 1 aliphatic rings. The number of nitrogens with zero attached hydrogens (tertiary/aromatic N) is 2. The first kappa shape index (κ1) is 17.2. The van der Waals surface area contributed by atoms with E-state index in [9.17, 15) is 13.6 Å². The molecular formula is C20H18F2N4O. The Bertz CT molecular complexity index is 1020. The van der Waals surface area contributed by atoms with Crippen molar-refractivity contribution in [2.45, 2.75) is 25.9 Å². The summed E-state index contributed by atoms with van der Waals surface area (Å²) in [5.41, 5.74) is 1.12. The van der Waals surface area contributed by atoms with Crippen LogP contribution in [0.3, 0.4) is 0 Å². The average molecular weight is 368 g/mol. The van der Waals surface area contributed by atoms with Crippen LogP contribution >= 0.6 is 0 Å². The lowest BCUT2D eigenvalue weighted by atomic mass is 10.0. The zero-order valence-electron chi connectivity index (χ0n) is 14.9. The van der Waals surface area contributed by atoms with Crippen molar-refractivity contribution < 1.29 is 13.6 Å². The van der Waals surface area contributed by atoms with Gasteiger partial charge in [-0.3, -0.25) is 4.79 Å². The Morgan fingerprint density at radius 2 is 1.85 bits per heavy atom. The monoisotopic (exact) mass is 368 g/mol. The van der Waals surface area contributed by atoms with Gasteiger partial charge in [-0.1, -0.05) is 6.07 Å². The van der Waals surface area contributed by atoms with Crippen molar-refractivity contribution in [3.63, 3.8) is 0 Å². The molecule has 0 unspecified atom stereocenters. The molecule has 5 nitrogen and oxygen atoms in total. The van der Waals surface area contributed by atoms with E-state index < -0.39 is 5.54 Å². The van der Waals surface area contributed by atoms with Crippen molar-refractivity contribution in [3.8, 4) is 11.3 Å². The van der Waals surface area contributed by atoms with E-state index in [0.29, 0.717) is 28.6 Å². The third-order valence-electron chi connectivity index (χ3n) is 4.49. The molecule has 2 aromatic carbocycles. The summed E-state index contributed by atoms with van der Waals surface area (Å²) in [6.45, 7) is 3.82. The molecule has 0 radical (unpaired) electrons. The van der Waals surface area contributed by atoms with Crippen molar-refractivity contribution >= 4 is 17.4 Å². The number of halogens is 2. The van der Waals surface area contributed by atoms with E-state index >= 15 is 0 Å². The van der Waals surface area contributed by atoms with Crippen molar-refractivity contribution in [1.82, 2.24) is 14.9 Å². The zero-order chi connectivity index (χ0) is 19.2. The summed E-state index contributed by atoms with van der Waals surface area (Å²) in [6.07, 6.45) is 0. The molecule has 0 spiro atoms. The van der Waals surface area contributed by atoms with Crippen LogP contribution in [0, 0.1) is 11.6 Å². The van der Waals surface area contributed by atoms with Crippen LogP contribution in [0.2, 0.25) is 0 Å². The molecule has 0 fully saturated rings. The number of hydrogen-bond donors (Lipinski definition) is 2. The van der Waals surface area contributed by atoms with E-state index in [0.717, 1.165) is 0 Å². The molecule has 2 N–H and O–H groups in total. The van der Waals surface area contributed by atoms with Gasteiger partial charge in [0.05, 0.1) is 5.54 Å². The van der Waals surface area contributed by atoms with Gasteiger partial charge in [-0.2, -0.15) is 0 Å². The highest BCUT2D eigenvalue weighted by molar-refractivity contribution is 5.83. The minimum atomic E-state index is -0.675. The highest BCUT2D eigenvalue weighted by atomic mass is 19.1. The molecule has 138 valence electrons. The van der Waals surface area contributed by atoms with E-state index in [1.54, 1.807) is 28.8 Å². The molecule has 4 rings (SSSR count). The summed E-state index contributed by atoms with van der Waals surface area (Å²) >= 11 is 0. The van der Waals surface area contributed by atoms with Crippen LogP contribution in [0.1, 0.15) is 19.7 Å². The zero-order valence-corrected chi connectivity index (χ0v) is 14.9. The number of rotatable bonds is 3. The second-order valence-corrected chi connectivity index (χ2v) is 7.03. The molecule has 3 aromatic rings. The number of carbonyl (C=O) groups is 1. The topological polar surface area (TPSA) is 59.0 Å². The first-order valence-corrected chi connectivity index (χ1v) is 8.54. The SMILES string of the molecule is CC1(C)NC(=O)Cn2c1nc(-c1ccc(F)cc1)c2Nc1cccc(F)c1. The van der Waals surface area contributed by atoms with Gasteiger partial charge in [0.25, 0.3) is 0 Å². The van der Waals surface area contributed by atoms with Crippen molar-refractivity contribution in [3.05, 3.63) is 66.0 Å². The minimum absolute atomic E-state index is 0.0879. The molecule has 0 aliphatic carbocycles. The van der Waals surface area contributed by atoms with Crippen LogP contribution in [-0.4, -0.2) is 15.5 Å².